The van der Waals surface area contributed by atoms with Crippen LogP contribution in [0.1, 0.15) is 56.3 Å². The Bertz CT molecular complexity index is 439. The zero-order valence-electron chi connectivity index (χ0n) is 12.5. The first-order chi connectivity index (χ1) is 9.58. The molecule has 0 spiro atoms. The van der Waals surface area contributed by atoms with Gasteiger partial charge in [0.15, 0.2) is 5.78 Å². The summed E-state index contributed by atoms with van der Waals surface area (Å²) in [5.41, 5.74) is 6.92. The van der Waals surface area contributed by atoms with Crippen LogP contribution in [0.3, 0.4) is 0 Å². The smallest absolute Gasteiger partial charge is 0.167 e. The van der Waals surface area contributed by atoms with Crippen molar-refractivity contribution in [2.24, 2.45) is 11.7 Å². The molecule has 0 aliphatic heterocycles. The Morgan fingerprint density at radius 1 is 1.15 bits per heavy atom. The van der Waals surface area contributed by atoms with Gasteiger partial charge in [0.25, 0.3) is 0 Å². The van der Waals surface area contributed by atoms with Gasteiger partial charge in [0.1, 0.15) is 5.75 Å². The molecule has 2 rings (SSSR count). The van der Waals surface area contributed by atoms with Crippen LogP contribution in [-0.4, -0.2) is 17.9 Å². The van der Waals surface area contributed by atoms with Gasteiger partial charge in [-0.15, -0.1) is 0 Å². The molecule has 3 nitrogen and oxygen atoms in total. The molecule has 1 fully saturated rings. The second-order valence-electron chi connectivity index (χ2n) is 5.96. The van der Waals surface area contributed by atoms with E-state index < -0.39 is 0 Å². The summed E-state index contributed by atoms with van der Waals surface area (Å²) in [4.78, 5) is 12.6. The molecule has 0 radical (unpaired) electrons. The summed E-state index contributed by atoms with van der Waals surface area (Å²) in [6, 6.07) is 7.47. The van der Waals surface area contributed by atoms with Crippen molar-refractivity contribution in [3.63, 3.8) is 0 Å². The molecule has 0 heterocycles. The average molecular weight is 275 g/mol. The number of Topliss-reactive ketones (excluding diaryl/α,β-unsaturated/α-hetero) is 1. The Hall–Kier alpha value is -1.35. The fraction of sp³-hybridized carbons (Fsp3) is 0.588. The SMILES string of the molecule is CC(C)Oc1ccc(C(=O)C2CCCCCC2N)cc1. The molecule has 3 heteroatoms. The molecule has 0 amide bonds. The minimum Gasteiger partial charge on any atom is -0.491 e. The summed E-state index contributed by atoms with van der Waals surface area (Å²) < 4.78 is 5.60. The average Bonchev–Trinajstić information content (AvgIpc) is 2.63. The van der Waals surface area contributed by atoms with Crippen LogP contribution in [0.4, 0.5) is 0 Å². The number of ether oxygens (including phenoxy) is 1. The van der Waals surface area contributed by atoms with Crippen LogP contribution in [-0.2, 0) is 0 Å². The molecule has 1 saturated carbocycles. The van der Waals surface area contributed by atoms with Gasteiger partial charge in [-0.3, -0.25) is 4.79 Å². The van der Waals surface area contributed by atoms with E-state index in [1.165, 1.54) is 6.42 Å². The largest absolute Gasteiger partial charge is 0.491 e. The van der Waals surface area contributed by atoms with Crippen molar-refractivity contribution in [2.75, 3.05) is 0 Å². The van der Waals surface area contributed by atoms with Crippen molar-refractivity contribution in [1.29, 1.82) is 0 Å². The molecule has 0 bridgehead atoms. The van der Waals surface area contributed by atoms with Gasteiger partial charge in [-0.1, -0.05) is 19.3 Å². The lowest BCUT2D eigenvalue weighted by atomic mass is 9.87. The molecular weight excluding hydrogens is 250 g/mol. The zero-order valence-corrected chi connectivity index (χ0v) is 12.5. The first-order valence-corrected chi connectivity index (χ1v) is 7.64. The molecule has 2 atom stereocenters. The summed E-state index contributed by atoms with van der Waals surface area (Å²) in [6.45, 7) is 3.98. The minimum atomic E-state index is -0.0191. The van der Waals surface area contributed by atoms with Crippen molar-refractivity contribution in [3.05, 3.63) is 29.8 Å². The van der Waals surface area contributed by atoms with Gasteiger partial charge in [0.2, 0.25) is 0 Å². The van der Waals surface area contributed by atoms with Crippen LogP contribution in [0.5, 0.6) is 5.75 Å². The van der Waals surface area contributed by atoms with E-state index in [-0.39, 0.29) is 23.8 Å². The van der Waals surface area contributed by atoms with Crippen molar-refractivity contribution in [3.8, 4) is 5.75 Å². The Labute approximate surface area is 121 Å². The van der Waals surface area contributed by atoms with Crippen LogP contribution in [0.2, 0.25) is 0 Å². The lowest BCUT2D eigenvalue weighted by Gasteiger charge is -2.20. The lowest BCUT2D eigenvalue weighted by molar-refractivity contribution is 0.0894. The summed E-state index contributed by atoms with van der Waals surface area (Å²) >= 11 is 0. The number of carbonyl (C=O) groups excluding carboxylic acids is 1. The third kappa shape index (κ3) is 3.83. The molecule has 20 heavy (non-hydrogen) atoms. The fourth-order valence-corrected chi connectivity index (χ4v) is 2.85. The lowest BCUT2D eigenvalue weighted by Crippen LogP contribution is -2.34. The highest BCUT2D eigenvalue weighted by Gasteiger charge is 2.27. The van der Waals surface area contributed by atoms with Crippen LogP contribution >= 0.6 is 0 Å². The molecule has 1 aliphatic carbocycles. The topological polar surface area (TPSA) is 52.3 Å². The predicted molar refractivity (Wildman–Crippen MR) is 81.1 cm³/mol. The number of nitrogens with two attached hydrogens (primary N) is 1. The Morgan fingerprint density at radius 2 is 1.80 bits per heavy atom. The van der Waals surface area contributed by atoms with Crippen LogP contribution in [0.25, 0.3) is 0 Å². The summed E-state index contributed by atoms with van der Waals surface area (Å²) in [5, 5.41) is 0. The highest BCUT2D eigenvalue weighted by molar-refractivity contribution is 5.98. The van der Waals surface area contributed by atoms with E-state index in [4.69, 9.17) is 10.5 Å². The third-order valence-electron chi connectivity index (χ3n) is 3.92. The number of hydrogen-bond donors (Lipinski definition) is 1. The summed E-state index contributed by atoms with van der Waals surface area (Å²) in [5.74, 6) is 0.978. The van der Waals surface area contributed by atoms with Gasteiger partial charge >= 0.3 is 0 Å². The zero-order chi connectivity index (χ0) is 14.5. The Kier molecular flexibility index (Phi) is 5.18. The molecule has 1 aliphatic rings. The van der Waals surface area contributed by atoms with E-state index in [1.807, 2.05) is 38.1 Å². The maximum Gasteiger partial charge on any atom is 0.167 e. The summed E-state index contributed by atoms with van der Waals surface area (Å²) in [6.07, 6.45) is 5.48. The second kappa shape index (κ2) is 6.89. The van der Waals surface area contributed by atoms with Gasteiger partial charge in [0, 0.05) is 17.5 Å². The minimum absolute atomic E-state index is 0.0107. The fourth-order valence-electron chi connectivity index (χ4n) is 2.85. The number of rotatable bonds is 4. The first-order valence-electron chi connectivity index (χ1n) is 7.64. The molecule has 1 aromatic rings. The van der Waals surface area contributed by atoms with Gasteiger partial charge in [-0.25, -0.2) is 0 Å². The van der Waals surface area contributed by atoms with E-state index >= 15 is 0 Å². The maximum atomic E-state index is 12.6. The standard InChI is InChI=1S/C17H25NO2/c1-12(2)20-14-10-8-13(9-11-14)17(19)15-6-4-3-5-7-16(15)18/h8-12,15-16H,3-7,18H2,1-2H3. The van der Waals surface area contributed by atoms with Gasteiger partial charge < -0.3 is 10.5 Å². The number of benzene rings is 1. The normalized spacial score (nSPS) is 23.4. The number of carbonyl (C=O) groups is 1. The van der Waals surface area contributed by atoms with E-state index in [9.17, 15) is 4.79 Å². The second-order valence-corrected chi connectivity index (χ2v) is 5.96. The Morgan fingerprint density at radius 3 is 2.45 bits per heavy atom. The Balaban J connectivity index is 2.07. The predicted octanol–water partition coefficient (Wildman–Crippen LogP) is 3.56. The third-order valence-corrected chi connectivity index (χ3v) is 3.92. The number of ketones is 1. The van der Waals surface area contributed by atoms with Crippen molar-refractivity contribution in [1.82, 2.24) is 0 Å². The highest BCUT2D eigenvalue weighted by Crippen LogP contribution is 2.26. The molecule has 0 saturated heterocycles. The maximum absolute atomic E-state index is 12.6. The molecular formula is C17H25NO2. The van der Waals surface area contributed by atoms with E-state index in [2.05, 4.69) is 0 Å². The number of hydrogen-bond acceptors (Lipinski definition) is 3. The van der Waals surface area contributed by atoms with Crippen molar-refractivity contribution in [2.45, 2.75) is 58.1 Å². The highest BCUT2D eigenvalue weighted by atomic mass is 16.5. The van der Waals surface area contributed by atoms with Crippen molar-refractivity contribution >= 4 is 5.78 Å². The van der Waals surface area contributed by atoms with Gasteiger partial charge in [-0.05, 0) is 51.0 Å². The van der Waals surface area contributed by atoms with E-state index in [1.54, 1.807) is 0 Å². The molecule has 1 aromatic carbocycles. The van der Waals surface area contributed by atoms with E-state index in [0.29, 0.717) is 0 Å². The molecule has 0 aromatic heterocycles. The van der Waals surface area contributed by atoms with Gasteiger partial charge in [0.05, 0.1) is 6.10 Å². The van der Waals surface area contributed by atoms with Crippen LogP contribution in [0.15, 0.2) is 24.3 Å². The van der Waals surface area contributed by atoms with Crippen LogP contribution in [0, 0.1) is 5.92 Å². The molecule has 2 N–H and O–H groups in total. The molecule has 110 valence electrons. The first kappa shape index (κ1) is 15.0. The van der Waals surface area contributed by atoms with Crippen LogP contribution < -0.4 is 10.5 Å². The van der Waals surface area contributed by atoms with E-state index in [0.717, 1.165) is 37.0 Å². The van der Waals surface area contributed by atoms with Crippen molar-refractivity contribution < 1.29 is 9.53 Å². The quantitative estimate of drug-likeness (QED) is 0.675. The monoisotopic (exact) mass is 275 g/mol. The molecule has 2 unspecified atom stereocenters. The summed E-state index contributed by atoms with van der Waals surface area (Å²) in [7, 11) is 0. The van der Waals surface area contributed by atoms with Gasteiger partial charge in [-0.2, -0.15) is 0 Å².